The Balaban J connectivity index is 1.65. The quantitative estimate of drug-likeness (QED) is 0.823. The van der Waals surface area contributed by atoms with E-state index in [0.717, 1.165) is 35.3 Å². The van der Waals surface area contributed by atoms with Gasteiger partial charge in [0.05, 0.1) is 4.47 Å². The van der Waals surface area contributed by atoms with Crippen LogP contribution in [0.1, 0.15) is 0 Å². The molecule has 4 nitrogen and oxygen atoms in total. The summed E-state index contributed by atoms with van der Waals surface area (Å²) in [5.74, 6) is 2.33. The second-order valence-electron chi connectivity index (χ2n) is 3.88. The Hall–Kier alpha value is -0.680. The lowest BCUT2D eigenvalue weighted by atomic mass is 10.4. The van der Waals surface area contributed by atoms with Crippen molar-refractivity contribution >= 4 is 21.9 Å². The lowest BCUT2D eigenvalue weighted by molar-refractivity contribution is 0.693. The minimum absolute atomic E-state index is 0.595. The molecule has 0 spiro atoms. The molecule has 2 unspecified atom stereocenters. The van der Waals surface area contributed by atoms with Crippen LogP contribution in [0, 0.1) is 11.8 Å². The first kappa shape index (κ1) is 8.61. The highest BCUT2D eigenvalue weighted by atomic mass is 79.9. The van der Waals surface area contributed by atoms with Crippen LogP contribution in [-0.2, 0) is 0 Å². The highest BCUT2D eigenvalue weighted by Crippen LogP contribution is 2.43. The molecule has 1 saturated carbocycles. The average Bonchev–Trinajstić information content (AvgIpc) is 2.63. The summed E-state index contributed by atoms with van der Waals surface area (Å²) in [7, 11) is 0. The number of halogens is 1. The highest BCUT2D eigenvalue weighted by Gasteiger charge is 2.53. The van der Waals surface area contributed by atoms with E-state index in [-0.39, 0.29) is 0 Å². The van der Waals surface area contributed by atoms with Crippen LogP contribution >= 0.6 is 15.9 Å². The molecule has 0 amide bonds. The van der Waals surface area contributed by atoms with Crippen molar-refractivity contribution in [3.05, 3.63) is 16.9 Å². The largest absolute Gasteiger partial charge is 0.351 e. The number of hydrogen-bond donors (Lipinski definition) is 2. The van der Waals surface area contributed by atoms with Crippen molar-refractivity contribution < 1.29 is 0 Å². The fourth-order valence-corrected chi connectivity index (χ4v) is 2.37. The van der Waals surface area contributed by atoms with Crippen LogP contribution in [0.15, 0.2) is 16.9 Å². The second-order valence-corrected chi connectivity index (χ2v) is 4.80. The summed E-state index contributed by atoms with van der Waals surface area (Å²) < 4.78 is 0.917. The molecule has 2 heterocycles. The summed E-state index contributed by atoms with van der Waals surface area (Å²) in [5, 5.41) is 6.72. The van der Waals surface area contributed by atoms with Crippen LogP contribution in [0.2, 0.25) is 0 Å². The molecule has 0 bridgehead atoms. The molecule has 5 heteroatoms. The van der Waals surface area contributed by atoms with Gasteiger partial charge in [-0.15, -0.1) is 0 Å². The number of aromatic nitrogens is 2. The van der Waals surface area contributed by atoms with E-state index in [1.165, 1.54) is 0 Å². The van der Waals surface area contributed by atoms with E-state index in [1.807, 2.05) is 0 Å². The molecule has 1 aliphatic heterocycles. The lowest BCUT2D eigenvalue weighted by Gasteiger charge is -2.06. The zero-order valence-electron chi connectivity index (χ0n) is 7.57. The molecule has 1 aromatic heterocycles. The molecule has 2 fully saturated rings. The van der Waals surface area contributed by atoms with Crippen molar-refractivity contribution in [3.63, 3.8) is 0 Å². The maximum atomic E-state index is 4.20. The van der Waals surface area contributed by atoms with Gasteiger partial charge in [0.2, 0.25) is 5.95 Å². The van der Waals surface area contributed by atoms with Crippen LogP contribution < -0.4 is 10.6 Å². The summed E-state index contributed by atoms with van der Waals surface area (Å²) >= 11 is 3.31. The number of hydrogen-bond acceptors (Lipinski definition) is 4. The molecule has 1 aliphatic carbocycles. The Morgan fingerprint density at radius 2 is 1.93 bits per heavy atom. The molecule has 14 heavy (non-hydrogen) atoms. The molecule has 1 aromatic rings. The Morgan fingerprint density at radius 1 is 1.29 bits per heavy atom. The zero-order valence-corrected chi connectivity index (χ0v) is 9.16. The number of rotatable bonds is 2. The van der Waals surface area contributed by atoms with Gasteiger partial charge < -0.3 is 10.6 Å². The summed E-state index contributed by atoms with van der Waals surface area (Å²) in [6, 6.07) is 0.595. The normalized spacial score (nSPS) is 33.9. The molecular formula is C9H11BrN4. The van der Waals surface area contributed by atoms with Crippen molar-refractivity contribution in [1.29, 1.82) is 0 Å². The van der Waals surface area contributed by atoms with Crippen LogP contribution in [0.3, 0.4) is 0 Å². The van der Waals surface area contributed by atoms with Gasteiger partial charge in [0.1, 0.15) is 0 Å². The molecule has 2 atom stereocenters. The van der Waals surface area contributed by atoms with Gasteiger partial charge >= 0.3 is 0 Å². The third kappa shape index (κ3) is 1.40. The minimum Gasteiger partial charge on any atom is -0.351 e. The number of anilines is 1. The van der Waals surface area contributed by atoms with Crippen molar-refractivity contribution in [3.8, 4) is 0 Å². The first-order chi connectivity index (χ1) is 6.84. The maximum absolute atomic E-state index is 4.20. The molecule has 0 radical (unpaired) electrons. The third-order valence-corrected chi connectivity index (χ3v) is 3.42. The van der Waals surface area contributed by atoms with Gasteiger partial charge in [0.25, 0.3) is 0 Å². The molecule has 2 N–H and O–H groups in total. The van der Waals surface area contributed by atoms with Gasteiger partial charge in [0.15, 0.2) is 0 Å². The number of nitrogens with zero attached hydrogens (tertiary/aromatic N) is 2. The molecule has 3 rings (SSSR count). The Kier molecular flexibility index (Phi) is 1.95. The predicted octanol–water partition coefficient (Wildman–Crippen LogP) is 0.869. The molecule has 74 valence electrons. The summed E-state index contributed by atoms with van der Waals surface area (Å²) in [4.78, 5) is 8.39. The van der Waals surface area contributed by atoms with Gasteiger partial charge in [-0.3, -0.25) is 0 Å². The lowest BCUT2D eigenvalue weighted by Crippen LogP contribution is -2.22. The van der Waals surface area contributed by atoms with Crippen LogP contribution in [0.25, 0.3) is 0 Å². The van der Waals surface area contributed by atoms with E-state index in [1.54, 1.807) is 12.4 Å². The predicted molar refractivity (Wildman–Crippen MR) is 57.0 cm³/mol. The van der Waals surface area contributed by atoms with E-state index in [2.05, 4.69) is 36.5 Å². The van der Waals surface area contributed by atoms with E-state index < -0.39 is 0 Å². The van der Waals surface area contributed by atoms with Crippen molar-refractivity contribution in [2.45, 2.75) is 6.04 Å². The first-order valence-electron chi connectivity index (χ1n) is 4.79. The van der Waals surface area contributed by atoms with Gasteiger partial charge in [-0.2, -0.15) is 0 Å². The van der Waals surface area contributed by atoms with Crippen LogP contribution in [0.5, 0.6) is 0 Å². The van der Waals surface area contributed by atoms with Crippen molar-refractivity contribution in [1.82, 2.24) is 15.3 Å². The van der Waals surface area contributed by atoms with E-state index in [0.29, 0.717) is 6.04 Å². The fraction of sp³-hybridized carbons (Fsp3) is 0.556. The van der Waals surface area contributed by atoms with Crippen molar-refractivity contribution in [2.75, 3.05) is 18.4 Å². The van der Waals surface area contributed by atoms with Crippen LogP contribution in [0.4, 0.5) is 5.95 Å². The average molecular weight is 255 g/mol. The number of nitrogens with one attached hydrogen (secondary N) is 2. The molecule has 0 aromatic carbocycles. The van der Waals surface area contributed by atoms with Gasteiger partial charge in [-0.05, 0) is 27.8 Å². The van der Waals surface area contributed by atoms with Crippen LogP contribution in [-0.4, -0.2) is 29.1 Å². The fourth-order valence-electron chi connectivity index (χ4n) is 2.17. The summed E-state index contributed by atoms with van der Waals surface area (Å²) in [6.07, 6.45) is 3.54. The van der Waals surface area contributed by atoms with Gasteiger partial charge in [-0.25, -0.2) is 9.97 Å². The number of fused-ring (bicyclic) bond motifs is 1. The monoisotopic (exact) mass is 254 g/mol. The molecular weight excluding hydrogens is 244 g/mol. The SMILES string of the molecule is Brc1cnc(NC2C3CNCC32)nc1. The topological polar surface area (TPSA) is 49.8 Å². The minimum atomic E-state index is 0.595. The molecule has 2 aliphatic rings. The van der Waals surface area contributed by atoms with E-state index in [4.69, 9.17) is 0 Å². The van der Waals surface area contributed by atoms with Crippen molar-refractivity contribution in [2.24, 2.45) is 11.8 Å². The Morgan fingerprint density at radius 3 is 2.57 bits per heavy atom. The smallest absolute Gasteiger partial charge is 0.222 e. The van der Waals surface area contributed by atoms with Gasteiger partial charge in [-0.1, -0.05) is 0 Å². The first-order valence-corrected chi connectivity index (χ1v) is 5.59. The Bertz CT molecular complexity index is 329. The number of piperidine rings is 1. The maximum Gasteiger partial charge on any atom is 0.222 e. The standard InChI is InChI=1S/C9H11BrN4/c10-5-1-12-9(13-2-5)14-8-6-3-11-4-7(6)8/h1-2,6-8,11H,3-4H2,(H,12,13,14). The summed E-state index contributed by atoms with van der Waals surface area (Å²) in [6.45, 7) is 2.28. The molecule has 1 saturated heterocycles. The van der Waals surface area contributed by atoms with Gasteiger partial charge in [0, 0.05) is 31.5 Å². The second kappa shape index (κ2) is 3.17. The van der Waals surface area contributed by atoms with E-state index in [9.17, 15) is 0 Å². The summed E-state index contributed by atoms with van der Waals surface area (Å²) in [5.41, 5.74) is 0. The van der Waals surface area contributed by atoms with E-state index >= 15 is 0 Å². The highest BCUT2D eigenvalue weighted by molar-refractivity contribution is 9.10. The third-order valence-electron chi connectivity index (χ3n) is 3.01. The Labute approximate surface area is 90.7 Å². The zero-order chi connectivity index (χ0) is 9.54.